The van der Waals surface area contributed by atoms with E-state index in [4.69, 9.17) is 56.6 Å². The van der Waals surface area contributed by atoms with Gasteiger partial charge in [0, 0.05) is 21.2 Å². The third kappa shape index (κ3) is 8.57. The van der Waals surface area contributed by atoms with E-state index >= 15 is 0 Å². The molecule has 4 heterocycles. The molecule has 0 saturated heterocycles. The van der Waals surface area contributed by atoms with Gasteiger partial charge in [0.2, 0.25) is 0 Å². The lowest BCUT2D eigenvalue weighted by molar-refractivity contribution is 0.155. The number of rotatable bonds is 14. The topological polar surface area (TPSA) is 130 Å². The van der Waals surface area contributed by atoms with Crippen molar-refractivity contribution in [2.45, 2.75) is 106 Å². The lowest BCUT2D eigenvalue weighted by atomic mass is 9.99. The molecule has 2 atom stereocenters. The van der Waals surface area contributed by atoms with Crippen molar-refractivity contribution in [1.29, 1.82) is 0 Å². The predicted octanol–water partition coefficient (Wildman–Crippen LogP) is 12.2. The number of aliphatic hydroxyl groups excluding tert-OH is 2. The van der Waals surface area contributed by atoms with Crippen LogP contribution in [0.3, 0.4) is 0 Å². The number of halogens is 4. The molecule has 0 bridgehead atoms. The van der Waals surface area contributed by atoms with Crippen molar-refractivity contribution in [3.63, 3.8) is 0 Å². The van der Waals surface area contributed by atoms with Crippen molar-refractivity contribution < 1.29 is 23.2 Å². The Morgan fingerprint density at radius 3 is 1.67 bits per heavy atom. The van der Waals surface area contributed by atoms with Gasteiger partial charge in [-0.25, -0.2) is 9.36 Å². The van der Waals surface area contributed by atoms with E-state index in [0.29, 0.717) is 67.7 Å². The first kappa shape index (κ1) is 42.0. The first-order chi connectivity index (χ1) is 27.9. The SMILES string of the molecule is O=S(=O)(O)c1cc2c(s1)-c1c(c(C(O)CCCCCCCCC(O)c3nn(-c4ccc(Cl)cc4Cl)c4c3CCCc3ccsc3-4)nn1-c1ccc(Cl)cc1Cl)CCC2. The van der Waals surface area contributed by atoms with Crippen molar-refractivity contribution in [2.24, 2.45) is 0 Å². The van der Waals surface area contributed by atoms with Crippen LogP contribution in [0.15, 0.2) is 58.1 Å². The second kappa shape index (κ2) is 17.7. The fourth-order valence-electron chi connectivity index (χ4n) is 8.31. The van der Waals surface area contributed by atoms with E-state index in [1.165, 1.54) is 16.5 Å². The van der Waals surface area contributed by atoms with Crippen molar-refractivity contribution >= 4 is 79.2 Å². The van der Waals surface area contributed by atoms with Crippen LogP contribution in [0.5, 0.6) is 0 Å². The predicted molar refractivity (Wildman–Crippen MR) is 235 cm³/mol. The standard InChI is InChI=1S/C42H42Cl4N4O5S3/c43-26-15-17-32(30(45)22-26)49-39-28(11-7-9-24-19-20-56-41(24)39)37(47-49)34(51)13-5-3-1-2-4-6-14-35(52)38-29-12-8-10-25-21-36(58(53,54)55)57-42(25)40(29)50(48-38)33-18-16-27(44)23-31(33)46/h15-23,34-35,51-52H,1-14H2,(H,53,54,55). The largest absolute Gasteiger partial charge is 0.387 e. The van der Waals surface area contributed by atoms with E-state index in [1.54, 1.807) is 40.3 Å². The average molecular weight is 921 g/mol. The van der Waals surface area contributed by atoms with E-state index < -0.39 is 22.3 Å². The number of nitrogens with zero attached hydrogens (tertiary/aromatic N) is 4. The Kier molecular flexibility index (Phi) is 12.8. The molecule has 6 aromatic rings. The zero-order valence-electron chi connectivity index (χ0n) is 31.4. The van der Waals surface area contributed by atoms with E-state index in [2.05, 4.69) is 11.4 Å². The quantitative estimate of drug-likeness (QED) is 0.0732. The summed E-state index contributed by atoms with van der Waals surface area (Å²) >= 11 is 28.5. The Morgan fingerprint density at radius 1 is 0.655 bits per heavy atom. The zero-order chi connectivity index (χ0) is 40.7. The third-order valence-corrected chi connectivity index (χ3v) is 15.6. The van der Waals surface area contributed by atoms with Crippen LogP contribution in [0.4, 0.5) is 0 Å². The van der Waals surface area contributed by atoms with E-state index in [9.17, 15) is 23.2 Å². The number of hydrogen-bond acceptors (Lipinski definition) is 8. The number of unbranched alkanes of at least 4 members (excludes halogenated alkanes) is 5. The molecule has 0 spiro atoms. The Labute approximate surface area is 365 Å². The normalized spacial score (nSPS) is 14.9. The first-order valence-electron chi connectivity index (χ1n) is 19.6. The highest BCUT2D eigenvalue weighted by Crippen LogP contribution is 2.45. The highest BCUT2D eigenvalue weighted by Gasteiger charge is 2.32. The summed E-state index contributed by atoms with van der Waals surface area (Å²) in [5.74, 6) is 0. The monoisotopic (exact) mass is 918 g/mol. The summed E-state index contributed by atoms with van der Waals surface area (Å²) in [6, 6.07) is 14.2. The van der Waals surface area contributed by atoms with Gasteiger partial charge < -0.3 is 10.2 Å². The molecule has 0 amide bonds. The summed E-state index contributed by atoms with van der Waals surface area (Å²) in [4.78, 5) is 1.86. The summed E-state index contributed by atoms with van der Waals surface area (Å²) in [5, 5.41) is 37.0. The minimum Gasteiger partial charge on any atom is -0.387 e. The van der Waals surface area contributed by atoms with Gasteiger partial charge in [-0.3, -0.25) is 4.55 Å². The molecule has 58 heavy (non-hydrogen) atoms. The van der Waals surface area contributed by atoms with Gasteiger partial charge in [-0.15, -0.1) is 22.7 Å². The van der Waals surface area contributed by atoms with Crippen LogP contribution in [-0.2, 0) is 35.8 Å². The van der Waals surface area contributed by atoms with Crippen LogP contribution in [0.2, 0.25) is 20.1 Å². The van der Waals surface area contributed by atoms with Crippen molar-refractivity contribution in [3.8, 4) is 32.5 Å². The smallest absolute Gasteiger partial charge is 0.304 e. The van der Waals surface area contributed by atoms with Crippen LogP contribution in [0, 0.1) is 0 Å². The maximum Gasteiger partial charge on any atom is 0.304 e. The van der Waals surface area contributed by atoms with Crippen LogP contribution in [-0.4, -0.2) is 42.7 Å². The van der Waals surface area contributed by atoms with Gasteiger partial charge in [0.25, 0.3) is 0 Å². The van der Waals surface area contributed by atoms with Gasteiger partial charge >= 0.3 is 10.1 Å². The Balaban J connectivity index is 0.902. The van der Waals surface area contributed by atoms with Crippen molar-refractivity contribution in [2.75, 3.05) is 0 Å². The molecule has 0 radical (unpaired) electrons. The maximum absolute atomic E-state index is 12.1. The van der Waals surface area contributed by atoms with Crippen LogP contribution < -0.4 is 0 Å². The molecule has 3 N–H and O–H groups in total. The zero-order valence-corrected chi connectivity index (χ0v) is 36.9. The average Bonchev–Trinajstić information content (AvgIpc) is 3.94. The van der Waals surface area contributed by atoms with E-state index in [1.807, 2.05) is 16.8 Å². The molecular weight excluding hydrogens is 878 g/mol. The van der Waals surface area contributed by atoms with Crippen molar-refractivity contribution in [1.82, 2.24) is 19.6 Å². The van der Waals surface area contributed by atoms with Crippen molar-refractivity contribution in [3.05, 3.63) is 108 Å². The van der Waals surface area contributed by atoms with E-state index in [0.717, 1.165) is 109 Å². The van der Waals surface area contributed by atoms with Gasteiger partial charge in [-0.05, 0) is 116 Å². The molecule has 2 aliphatic rings. The molecule has 0 saturated carbocycles. The molecule has 8 rings (SSSR count). The number of benzene rings is 2. The third-order valence-electron chi connectivity index (χ3n) is 11.1. The van der Waals surface area contributed by atoms with Crippen LogP contribution in [0.1, 0.15) is 110 Å². The summed E-state index contributed by atoms with van der Waals surface area (Å²) in [6.07, 6.45) is 9.95. The van der Waals surface area contributed by atoms with Gasteiger partial charge in [-0.1, -0.05) is 84.9 Å². The number of aliphatic hydroxyl groups is 2. The first-order valence-corrected chi connectivity index (χ1v) is 24.2. The molecule has 2 aliphatic carbocycles. The van der Waals surface area contributed by atoms with Gasteiger partial charge in [0.05, 0.1) is 66.2 Å². The van der Waals surface area contributed by atoms with E-state index in [-0.39, 0.29) is 4.21 Å². The van der Waals surface area contributed by atoms with Gasteiger partial charge in [0.1, 0.15) is 4.21 Å². The number of fused-ring (bicyclic) bond motifs is 6. The Hall–Kier alpha value is -2.75. The lowest BCUT2D eigenvalue weighted by Crippen LogP contribution is -2.04. The number of aryl methyl sites for hydroxylation is 2. The maximum atomic E-state index is 12.1. The number of thiophene rings is 2. The lowest BCUT2D eigenvalue weighted by Gasteiger charge is -2.11. The molecule has 4 aromatic heterocycles. The molecule has 2 unspecified atom stereocenters. The second-order valence-corrected chi connectivity index (χ2v) is 20.4. The molecule has 0 fully saturated rings. The molecular formula is C42H42Cl4N4O5S3. The second-order valence-electron chi connectivity index (χ2n) is 15.0. The summed E-state index contributed by atoms with van der Waals surface area (Å²) in [7, 11) is -4.40. The molecule has 306 valence electrons. The fraction of sp³-hybridized carbons (Fsp3) is 0.381. The minimum atomic E-state index is -4.40. The molecule has 0 aliphatic heterocycles. The van der Waals surface area contributed by atoms with Gasteiger partial charge in [-0.2, -0.15) is 18.6 Å². The Bertz CT molecular complexity index is 2580. The van der Waals surface area contributed by atoms with Crippen LogP contribution >= 0.6 is 69.1 Å². The minimum absolute atomic E-state index is 0.126. The van der Waals surface area contributed by atoms with Gasteiger partial charge in [0.15, 0.2) is 0 Å². The molecule has 9 nitrogen and oxygen atoms in total. The highest BCUT2D eigenvalue weighted by atomic mass is 35.5. The summed E-state index contributed by atoms with van der Waals surface area (Å²) < 4.78 is 37.6. The number of aromatic nitrogens is 4. The Morgan fingerprint density at radius 2 is 1.16 bits per heavy atom. The summed E-state index contributed by atoms with van der Waals surface area (Å²) in [6.45, 7) is 0. The summed E-state index contributed by atoms with van der Waals surface area (Å²) in [5.41, 5.74) is 8.33. The number of hydrogen-bond donors (Lipinski definition) is 3. The molecule has 2 aromatic carbocycles. The molecule has 16 heteroatoms. The van der Waals surface area contributed by atoms with Crippen LogP contribution in [0.25, 0.3) is 32.5 Å². The fourth-order valence-corrected chi connectivity index (χ4v) is 12.3. The highest BCUT2D eigenvalue weighted by molar-refractivity contribution is 7.88.